The second-order valence-electron chi connectivity index (χ2n) is 5.68. The van der Waals surface area contributed by atoms with Crippen LogP contribution in [-0.2, 0) is 11.2 Å². The van der Waals surface area contributed by atoms with Crippen molar-refractivity contribution in [3.63, 3.8) is 0 Å². The van der Waals surface area contributed by atoms with Gasteiger partial charge in [0.1, 0.15) is 0 Å². The molecular formula is C14H21N5O2S. The number of nitrogens with zero attached hydrogens (tertiary/aromatic N) is 3. The first-order chi connectivity index (χ1) is 10.6. The van der Waals surface area contributed by atoms with Gasteiger partial charge in [-0.15, -0.1) is 11.3 Å². The zero-order valence-electron chi connectivity index (χ0n) is 12.7. The topological polar surface area (TPSA) is 77.6 Å². The minimum absolute atomic E-state index is 0.103. The first-order valence-corrected chi connectivity index (χ1v) is 8.53. The van der Waals surface area contributed by atoms with E-state index in [-0.39, 0.29) is 18.0 Å². The Bertz CT molecular complexity index is 561. The molecule has 120 valence electrons. The van der Waals surface area contributed by atoms with Crippen LogP contribution in [0.4, 0.5) is 9.93 Å². The lowest BCUT2D eigenvalue weighted by molar-refractivity contribution is -0.133. The fraction of sp³-hybridized carbons (Fsp3) is 0.643. The molecule has 0 spiro atoms. The summed E-state index contributed by atoms with van der Waals surface area (Å²) in [6.07, 6.45) is 1.22. The molecule has 0 aromatic carbocycles. The van der Waals surface area contributed by atoms with Crippen molar-refractivity contribution in [1.82, 2.24) is 20.5 Å². The number of carbonyl (C=O) groups is 2. The van der Waals surface area contributed by atoms with E-state index in [1.54, 1.807) is 4.90 Å². The summed E-state index contributed by atoms with van der Waals surface area (Å²) in [4.78, 5) is 32.2. The third kappa shape index (κ3) is 3.22. The first kappa shape index (κ1) is 15.2. The van der Waals surface area contributed by atoms with Crippen LogP contribution in [0.1, 0.15) is 19.0 Å². The van der Waals surface area contributed by atoms with Crippen LogP contribution < -0.4 is 15.5 Å². The van der Waals surface area contributed by atoms with Gasteiger partial charge in [-0.2, -0.15) is 0 Å². The van der Waals surface area contributed by atoms with Crippen LogP contribution in [0.5, 0.6) is 0 Å². The zero-order chi connectivity index (χ0) is 15.5. The Kier molecular flexibility index (Phi) is 4.58. The summed E-state index contributed by atoms with van der Waals surface area (Å²) in [7, 11) is 0. The fourth-order valence-corrected chi connectivity index (χ4v) is 3.63. The van der Waals surface area contributed by atoms with Crippen LogP contribution >= 0.6 is 11.3 Å². The maximum Gasteiger partial charge on any atom is 0.323 e. The molecule has 22 heavy (non-hydrogen) atoms. The molecular weight excluding hydrogens is 302 g/mol. The van der Waals surface area contributed by atoms with E-state index in [1.807, 2.05) is 10.3 Å². The molecule has 2 fully saturated rings. The normalized spacial score (nSPS) is 22.6. The number of aromatic nitrogens is 1. The molecule has 2 saturated heterocycles. The molecule has 0 radical (unpaired) electrons. The molecule has 3 rings (SSSR count). The summed E-state index contributed by atoms with van der Waals surface area (Å²) < 4.78 is 0. The van der Waals surface area contributed by atoms with Crippen LogP contribution in [0, 0.1) is 0 Å². The summed E-state index contributed by atoms with van der Waals surface area (Å²) >= 11 is 1.42. The van der Waals surface area contributed by atoms with Gasteiger partial charge in [-0.1, -0.05) is 0 Å². The lowest BCUT2D eigenvalue weighted by Crippen LogP contribution is -2.52. The second kappa shape index (κ2) is 6.62. The maximum absolute atomic E-state index is 12.4. The molecule has 0 saturated carbocycles. The van der Waals surface area contributed by atoms with Gasteiger partial charge >= 0.3 is 6.03 Å². The highest BCUT2D eigenvalue weighted by molar-refractivity contribution is 7.14. The Balaban J connectivity index is 1.63. The third-order valence-electron chi connectivity index (χ3n) is 4.00. The van der Waals surface area contributed by atoms with Gasteiger partial charge in [0.05, 0.1) is 12.1 Å². The highest BCUT2D eigenvalue weighted by Gasteiger charge is 2.25. The number of piperazine rings is 1. The summed E-state index contributed by atoms with van der Waals surface area (Å²) in [5.74, 6) is 0.106. The summed E-state index contributed by atoms with van der Waals surface area (Å²) in [6, 6.07) is 0.112. The summed E-state index contributed by atoms with van der Waals surface area (Å²) in [5, 5.41) is 8.64. The van der Waals surface area contributed by atoms with Crippen molar-refractivity contribution in [3.8, 4) is 0 Å². The standard InChI is InChI=1S/C14H21N5O2S/c1-10-8-15-4-6-18(10)12(20)7-11-9-22-14(17-11)19-5-2-3-16-13(19)21/h9-10,15H,2-8H2,1H3,(H,16,21)/t10-/m0/s1. The van der Waals surface area contributed by atoms with E-state index in [1.165, 1.54) is 11.3 Å². The Labute approximate surface area is 133 Å². The average Bonchev–Trinajstić information content (AvgIpc) is 2.96. The number of anilines is 1. The predicted molar refractivity (Wildman–Crippen MR) is 85.2 cm³/mol. The highest BCUT2D eigenvalue weighted by atomic mass is 32.1. The molecule has 2 N–H and O–H groups in total. The molecule has 3 heterocycles. The van der Waals surface area contributed by atoms with Crippen molar-refractivity contribution in [3.05, 3.63) is 11.1 Å². The van der Waals surface area contributed by atoms with Gasteiger partial charge in [-0.25, -0.2) is 9.78 Å². The number of thiazole rings is 1. The van der Waals surface area contributed by atoms with E-state index >= 15 is 0 Å². The zero-order valence-corrected chi connectivity index (χ0v) is 13.5. The number of nitrogens with one attached hydrogen (secondary N) is 2. The number of hydrogen-bond donors (Lipinski definition) is 2. The van der Waals surface area contributed by atoms with E-state index in [2.05, 4.69) is 22.5 Å². The van der Waals surface area contributed by atoms with Gasteiger partial charge in [-0.3, -0.25) is 9.69 Å². The molecule has 1 aromatic heterocycles. The van der Waals surface area contributed by atoms with E-state index in [9.17, 15) is 9.59 Å². The van der Waals surface area contributed by atoms with Crippen LogP contribution in [0.25, 0.3) is 0 Å². The largest absolute Gasteiger partial charge is 0.338 e. The predicted octanol–water partition coefficient (Wildman–Crippen LogP) is 0.426. The maximum atomic E-state index is 12.4. The number of urea groups is 1. The summed E-state index contributed by atoms with van der Waals surface area (Å²) in [5.41, 5.74) is 0.745. The average molecular weight is 323 g/mol. The minimum Gasteiger partial charge on any atom is -0.338 e. The number of amides is 3. The van der Waals surface area contributed by atoms with E-state index in [0.717, 1.165) is 31.7 Å². The molecule has 2 aliphatic rings. The number of carbonyl (C=O) groups excluding carboxylic acids is 2. The van der Waals surface area contributed by atoms with Gasteiger partial charge < -0.3 is 15.5 Å². The van der Waals surface area contributed by atoms with Crippen LogP contribution in [0.3, 0.4) is 0 Å². The molecule has 7 nitrogen and oxygen atoms in total. The van der Waals surface area contributed by atoms with Crippen LogP contribution in [0.15, 0.2) is 5.38 Å². The molecule has 0 bridgehead atoms. The van der Waals surface area contributed by atoms with Crippen molar-refractivity contribution in [2.75, 3.05) is 37.6 Å². The molecule has 1 atom stereocenters. The highest BCUT2D eigenvalue weighted by Crippen LogP contribution is 2.23. The Hall–Kier alpha value is -1.67. The minimum atomic E-state index is -0.103. The summed E-state index contributed by atoms with van der Waals surface area (Å²) in [6.45, 7) is 5.86. The third-order valence-corrected chi connectivity index (χ3v) is 4.92. The molecule has 1 aromatic rings. The smallest absolute Gasteiger partial charge is 0.323 e. The second-order valence-corrected chi connectivity index (χ2v) is 6.51. The monoisotopic (exact) mass is 323 g/mol. The quantitative estimate of drug-likeness (QED) is 0.845. The van der Waals surface area contributed by atoms with Gasteiger partial charge in [-0.05, 0) is 13.3 Å². The molecule has 0 unspecified atom stereocenters. The van der Waals surface area contributed by atoms with Crippen LogP contribution in [-0.4, -0.2) is 60.6 Å². The lowest BCUT2D eigenvalue weighted by Gasteiger charge is -2.33. The Morgan fingerprint density at radius 2 is 2.32 bits per heavy atom. The fourth-order valence-electron chi connectivity index (χ4n) is 2.78. The van der Waals surface area contributed by atoms with Gasteiger partial charge in [0.15, 0.2) is 5.13 Å². The SMILES string of the molecule is C[C@H]1CNCCN1C(=O)Cc1csc(N2CCCNC2=O)n1. The van der Waals surface area contributed by atoms with Crippen molar-refractivity contribution >= 4 is 28.4 Å². The van der Waals surface area contributed by atoms with Gasteiger partial charge in [0, 0.05) is 44.1 Å². The molecule has 2 aliphatic heterocycles. The van der Waals surface area contributed by atoms with E-state index in [4.69, 9.17) is 0 Å². The van der Waals surface area contributed by atoms with E-state index < -0.39 is 0 Å². The van der Waals surface area contributed by atoms with Gasteiger partial charge in [0.25, 0.3) is 0 Å². The van der Waals surface area contributed by atoms with Crippen molar-refractivity contribution in [2.24, 2.45) is 0 Å². The van der Waals surface area contributed by atoms with Crippen LogP contribution in [0.2, 0.25) is 0 Å². The van der Waals surface area contributed by atoms with Crippen molar-refractivity contribution in [2.45, 2.75) is 25.8 Å². The van der Waals surface area contributed by atoms with Crippen molar-refractivity contribution in [1.29, 1.82) is 0 Å². The molecule has 3 amide bonds. The van der Waals surface area contributed by atoms with E-state index in [0.29, 0.717) is 24.6 Å². The van der Waals surface area contributed by atoms with Gasteiger partial charge in [0.2, 0.25) is 5.91 Å². The molecule has 8 heteroatoms. The Morgan fingerprint density at radius 1 is 1.45 bits per heavy atom. The molecule has 0 aliphatic carbocycles. The first-order valence-electron chi connectivity index (χ1n) is 7.65. The number of rotatable bonds is 3. The number of hydrogen-bond acceptors (Lipinski definition) is 5. The van der Waals surface area contributed by atoms with Crippen molar-refractivity contribution < 1.29 is 9.59 Å². The Morgan fingerprint density at radius 3 is 3.09 bits per heavy atom. The lowest BCUT2D eigenvalue weighted by atomic mass is 10.2.